The molecule has 0 aromatic carbocycles. The molecule has 2 fully saturated rings. The zero-order valence-electron chi connectivity index (χ0n) is 11.3. The summed E-state index contributed by atoms with van der Waals surface area (Å²) in [4.78, 5) is 11.7. The van der Waals surface area contributed by atoms with Crippen molar-refractivity contribution in [3.05, 3.63) is 11.8 Å². The Hall–Kier alpha value is -1.05. The number of nitrogens with one attached hydrogen (secondary N) is 1. The van der Waals surface area contributed by atoms with Crippen molar-refractivity contribution in [1.82, 2.24) is 10.2 Å². The van der Waals surface area contributed by atoms with Crippen molar-refractivity contribution in [2.75, 3.05) is 25.6 Å². The number of thioether (sulfide) groups is 1. The molecule has 0 unspecified atom stereocenters. The van der Waals surface area contributed by atoms with Gasteiger partial charge in [0.05, 0.1) is 38.2 Å². The summed E-state index contributed by atoms with van der Waals surface area (Å²) in [6.45, 7) is 3.68. The van der Waals surface area contributed by atoms with E-state index in [4.69, 9.17) is 14.2 Å². The van der Waals surface area contributed by atoms with Gasteiger partial charge in [-0.15, -0.1) is 11.8 Å². The van der Waals surface area contributed by atoms with Crippen LogP contribution in [0.5, 0.6) is 0 Å². The maximum Gasteiger partial charge on any atom is 0.342 e. The molecular formula is C13H18N2O4S. The summed E-state index contributed by atoms with van der Waals surface area (Å²) >= 11 is 1.56. The van der Waals surface area contributed by atoms with E-state index in [1.165, 1.54) is 6.20 Å². The highest BCUT2D eigenvalue weighted by molar-refractivity contribution is 7.99. The molecule has 0 radical (unpaired) electrons. The molecule has 0 spiro atoms. The molecule has 0 bridgehead atoms. The van der Waals surface area contributed by atoms with Crippen LogP contribution in [0.4, 0.5) is 0 Å². The Morgan fingerprint density at radius 3 is 3.30 bits per heavy atom. The van der Waals surface area contributed by atoms with Gasteiger partial charge in [0.25, 0.3) is 0 Å². The second-order valence-corrected chi connectivity index (χ2v) is 6.00. The van der Waals surface area contributed by atoms with E-state index in [1.54, 1.807) is 18.7 Å². The van der Waals surface area contributed by atoms with Crippen LogP contribution in [0.1, 0.15) is 23.7 Å². The van der Waals surface area contributed by atoms with E-state index in [0.29, 0.717) is 24.7 Å². The Morgan fingerprint density at radius 1 is 1.60 bits per heavy atom. The number of carbonyl (C=O) groups is 1. The number of nitrogens with zero attached hydrogens (tertiary/aromatic N) is 1. The predicted octanol–water partition coefficient (Wildman–Crippen LogP) is 1.48. The van der Waals surface area contributed by atoms with E-state index in [0.717, 1.165) is 23.8 Å². The zero-order valence-corrected chi connectivity index (χ0v) is 12.1. The molecular weight excluding hydrogens is 280 g/mol. The average Bonchev–Trinajstić information content (AvgIpc) is 3.11. The van der Waals surface area contributed by atoms with Crippen molar-refractivity contribution >= 4 is 17.7 Å². The van der Waals surface area contributed by atoms with Crippen LogP contribution in [0.15, 0.2) is 11.2 Å². The summed E-state index contributed by atoms with van der Waals surface area (Å²) in [6, 6.07) is 0. The minimum Gasteiger partial charge on any atom is -0.462 e. The molecule has 7 heteroatoms. The first-order chi connectivity index (χ1) is 9.78. The monoisotopic (exact) mass is 298 g/mol. The lowest BCUT2D eigenvalue weighted by molar-refractivity contribution is 0.0306. The number of aromatic amines is 1. The lowest BCUT2D eigenvalue weighted by Crippen LogP contribution is -2.16. The summed E-state index contributed by atoms with van der Waals surface area (Å²) < 4.78 is 16.3. The van der Waals surface area contributed by atoms with Gasteiger partial charge in [0.2, 0.25) is 0 Å². The van der Waals surface area contributed by atoms with E-state index >= 15 is 0 Å². The van der Waals surface area contributed by atoms with Crippen LogP contribution in [0.2, 0.25) is 0 Å². The van der Waals surface area contributed by atoms with Gasteiger partial charge in [-0.25, -0.2) is 4.79 Å². The Bertz CT molecular complexity index is 467. The summed E-state index contributed by atoms with van der Waals surface area (Å²) in [6.07, 6.45) is 3.02. The van der Waals surface area contributed by atoms with Crippen molar-refractivity contribution in [2.24, 2.45) is 5.92 Å². The first kappa shape index (κ1) is 13.9. The third-order valence-electron chi connectivity index (χ3n) is 3.59. The van der Waals surface area contributed by atoms with Crippen molar-refractivity contribution in [3.63, 3.8) is 0 Å². The highest BCUT2D eigenvalue weighted by atomic mass is 32.2. The summed E-state index contributed by atoms with van der Waals surface area (Å²) in [5, 5.41) is 7.52. The zero-order chi connectivity index (χ0) is 13.9. The molecule has 2 saturated heterocycles. The minimum atomic E-state index is -0.332. The minimum absolute atomic E-state index is 0.220. The van der Waals surface area contributed by atoms with Gasteiger partial charge in [-0.3, -0.25) is 5.10 Å². The third-order valence-corrected chi connectivity index (χ3v) is 4.72. The van der Waals surface area contributed by atoms with Crippen molar-refractivity contribution < 1.29 is 19.0 Å². The van der Waals surface area contributed by atoms with Crippen LogP contribution >= 0.6 is 11.8 Å². The number of ether oxygens (including phenoxy) is 3. The van der Waals surface area contributed by atoms with E-state index < -0.39 is 0 Å². The lowest BCUT2D eigenvalue weighted by Gasteiger charge is -2.11. The van der Waals surface area contributed by atoms with Crippen LogP contribution in [0.3, 0.4) is 0 Å². The van der Waals surface area contributed by atoms with Crippen LogP contribution < -0.4 is 0 Å². The number of hydrogen-bond donors (Lipinski definition) is 1. The van der Waals surface area contributed by atoms with Gasteiger partial charge in [-0.05, 0) is 13.3 Å². The summed E-state index contributed by atoms with van der Waals surface area (Å²) in [5.41, 5.74) is 0.498. The summed E-state index contributed by atoms with van der Waals surface area (Å²) in [7, 11) is 0. The topological polar surface area (TPSA) is 73.4 Å². The number of H-pyrrole nitrogens is 1. The van der Waals surface area contributed by atoms with Gasteiger partial charge in [-0.1, -0.05) is 0 Å². The van der Waals surface area contributed by atoms with Crippen molar-refractivity contribution in [1.29, 1.82) is 0 Å². The Kier molecular flexibility index (Phi) is 4.28. The Balaban J connectivity index is 1.54. The predicted molar refractivity (Wildman–Crippen MR) is 72.9 cm³/mol. The molecule has 2 aliphatic heterocycles. The van der Waals surface area contributed by atoms with Crippen LogP contribution in [0, 0.1) is 5.92 Å². The number of carbonyl (C=O) groups excluding carboxylic acids is 1. The molecule has 0 saturated carbocycles. The molecule has 1 N–H and O–H groups in total. The number of hydrogen-bond acceptors (Lipinski definition) is 6. The average molecular weight is 298 g/mol. The molecule has 20 heavy (non-hydrogen) atoms. The number of rotatable bonds is 5. The van der Waals surface area contributed by atoms with Gasteiger partial charge in [0, 0.05) is 11.7 Å². The van der Waals surface area contributed by atoms with E-state index in [1.807, 2.05) is 0 Å². The lowest BCUT2D eigenvalue weighted by atomic mass is 10.0. The molecule has 3 atom stereocenters. The van der Waals surface area contributed by atoms with Crippen molar-refractivity contribution in [2.45, 2.75) is 30.6 Å². The van der Waals surface area contributed by atoms with Crippen LogP contribution in [0.25, 0.3) is 0 Å². The Labute approximate surface area is 121 Å². The molecule has 0 amide bonds. The number of esters is 1. The highest BCUT2D eigenvalue weighted by Gasteiger charge is 2.39. The molecule has 1 aromatic heterocycles. The molecule has 1 aromatic rings. The van der Waals surface area contributed by atoms with Gasteiger partial charge < -0.3 is 14.2 Å². The Morgan fingerprint density at radius 2 is 2.50 bits per heavy atom. The molecule has 3 rings (SSSR count). The van der Waals surface area contributed by atoms with Gasteiger partial charge in [-0.2, -0.15) is 5.10 Å². The van der Waals surface area contributed by atoms with Crippen molar-refractivity contribution in [3.8, 4) is 0 Å². The second kappa shape index (κ2) is 6.15. The number of fused-ring (bicyclic) bond motifs is 1. The molecule has 2 aliphatic rings. The van der Waals surface area contributed by atoms with Gasteiger partial charge >= 0.3 is 5.97 Å². The quantitative estimate of drug-likeness (QED) is 0.656. The van der Waals surface area contributed by atoms with Gasteiger partial charge in [0.15, 0.2) is 0 Å². The van der Waals surface area contributed by atoms with Crippen LogP contribution in [-0.4, -0.2) is 53.9 Å². The van der Waals surface area contributed by atoms with E-state index in [9.17, 15) is 4.79 Å². The second-order valence-electron chi connectivity index (χ2n) is 4.97. The molecule has 3 heterocycles. The molecule has 0 aliphatic carbocycles. The molecule has 110 valence electrons. The fourth-order valence-corrected chi connectivity index (χ4v) is 3.59. The molecule has 6 nitrogen and oxygen atoms in total. The van der Waals surface area contributed by atoms with Crippen LogP contribution in [-0.2, 0) is 14.2 Å². The fourth-order valence-electron chi connectivity index (χ4n) is 2.61. The normalized spacial score (nSPS) is 28.6. The standard InChI is InChI=1S/C13H18N2O4S/c1-2-18-13(16)10-4-14-15-12(10)20-7-9-3-8-5-17-6-11(8)19-9/h4,8-9,11H,2-3,5-7H2,1H3,(H,14,15)/t8-,9-,11+/m0/s1. The first-order valence-corrected chi connectivity index (χ1v) is 7.83. The maximum atomic E-state index is 11.7. The van der Waals surface area contributed by atoms with E-state index in [2.05, 4.69) is 10.2 Å². The largest absolute Gasteiger partial charge is 0.462 e. The number of aromatic nitrogens is 2. The van der Waals surface area contributed by atoms with Gasteiger partial charge in [0.1, 0.15) is 10.6 Å². The SMILES string of the molecule is CCOC(=O)c1cn[nH]c1SC[C@@H]1C[C@H]2COC[C@H]2O1. The smallest absolute Gasteiger partial charge is 0.342 e. The first-order valence-electron chi connectivity index (χ1n) is 6.84. The maximum absolute atomic E-state index is 11.7. The third kappa shape index (κ3) is 2.84. The fraction of sp³-hybridized carbons (Fsp3) is 0.692. The summed E-state index contributed by atoms with van der Waals surface area (Å²) in [5.74, 6) is 1.01. The van der Waals surface area contributed by atoms with E-state index in [-0.39, 0.29) is 18.2 Å². The highest BCUT2D eigenvalue weighted by Crippen LogP contribution is 2.34.